The van der Waals surface area contributed by atoms with Gasteiger partial charge in [-0.25, -0.2) is 0 Å². The predicted molar refractivity (Wildman–Crippen MR) is 82.8 cm³/mol. The number of hydrogen-bond donors (Lipinski definition) is 1. The SMILES string of the molecule is Cc1ccc(N(C=N)c2ccc(C)c(C)c2)cc1C. The van der Waals surface area contributed by atoms with Gasteiger partial charge in [-0.05, 0) is 74.2 Å². The Morgan fingerprint density at radius 3 is 1.47 bits per heavy atom. The van der Waals surface area contributed by atoms with Crippen LogP contribution in [0, 0.1) is 33.1 Å². The minimum Gasteiger partial charge on any atom is -0.302 e. The Labute approximate surface area is 115 Å². The molecule has 0 aromatic heterocycles. The third kappa shape index (κ3) is 2.68. The molecule has 0 saturated heterocycles. The molecule has 0 atom stereocenters. The molecule has 1 N–H and O–H groups in total. The molecule has 0 fully saturated rings. The van der Waals surface area contributed by atoms with Crippen molar-refractivity contribution in [1.29, 1.82) is 5.41 Å². The highest BCUT2D eigenvalue weighted by molar-refractivity contribution is 5.88. The van der Waals surface area contributed by atoms with E-state index in [1.165, 1.54) is 28.6 Å². The van der Waals surface area contributed by atoms with Crippen LogP contribution in [0.1, 0.15) is 22.3 Å². The fraction of sp³-hybridized carbons (Fsp3) is 0.235. The highest BCUT2D eigenvalue weighted by Crippen LogP contribution is 2.27. The molecule has 2 aromatic rings. The fourth-order valence-corrected chi connectivity index (χ4v) is 2.05. The third-order valence-corrected chi connectivity index (χ3v) is 3.67. The molecule has 0 heterocycles. The molecule has 0 radical (unpaired) electrons. The predicted octanol–water partition coefficient (Wildman–Crippen LogP) is 4.67. The van der Waals surface area contributed by atoms with Gasteiger partial charge >= 0.3 is 0 Å². The average molecular weight is 252 g/mol. The summed E-state index contributed by atoms with van der Waals surface area (Å²) in [6.07, 6.45) is 1.37. The van der Waals surface area contributed by atoms with E-state index in [0.29, 0.717) is 0 Å². The summed E-state index contributed by atoms with van der Waals surface area (Å²) in [5, 5.41) is 7.68. The number of aryl methyl sites for hydroxylation is 4. The number of nitrogens with one attached hydrogen (secondary N) is 1. The Bertz CT molecular complexity index is 563. The van der Waals surface area contributed by atoms with Gasteiger partial charge in [0.2, 0.25) is 0 Å². The van der Waals surface area contributed by atoms with E-state index in [1.54, 1.807) is 0 Å². The van der Waals surface area contributed by atoms with Crippen molar-refractivity contribution in [3.8, 4) is 0 Å². The molecule has 19 heavy (non-hydrogen) atoms. The minimum absolute atomic E-state index is 1.03. The molecule has 0 amide bonds. The van der Waals surface area contributed by atoms with Gasteiger partial charge in [-0.15, -0.1) is 0 Å². The fourth-order valence-electron chi connectivity index (χ4n) is 2.05. The standard InChI is InChI=1S/C17H20N2/c1-12-5-7-16(9-14(12)3)19(11-18)17-8-6-13(2)15(4)10-17/h5-11,18H,1-4H3. The van der Waals surface area contributed by atoms with Crippen molar-refractivity contribution in [3.63, 3.8) is 0 Å². The van der Waals surface area contributed by atoms with E-state index in [9.17, 15) is 0 Å². The first-order valence-electron chi connectivity index (χ1n) is 6.47. The molecule has 0 saturated carbocycles. The Hall–Kier alpha value is -2.09. The average Bonchev–Trinajstić information content (AvgIpc) is 2.39. The van der Waals surface area contributed by atoms with E-state index >= 15 is 0 Å². The summed E-state index contributed by atoms with van der Waals surface area (Å²) in [4.78, 5) is 1.90. The lowest BCUT2D eigenvalue weighted by Crippen LogP contribution is -2.14. The summed E-state index contributed by atoms with van der Waals surface area (Å²) >= 11 is 0. The van der Waals surface area contributed by atoms with E-state index in [0.717, 1.165) is 11.4 Å². The molecule has 2 heteroatoms. The lowest BCUT2D eigenvalue weighted by molar-refractivity contribution is 1.26. The molecule has 2 nitrogen and oxygen atoms in total. The molecule has 2 rings (SSSR count). The maximum Gasteiger partial charge on any atom is 0.0907 e. The molecule has 0 unspecified atom stereocenters. The smallest absolute Gasteiger partial charge is 0.0907 e. The highest BCUT2D eigenvalue weighted by atomic mass is 15.1. The van der Waals surface area contributed by atoms with Crippen LogP contribution in [0.25, 0.3) is 0 Å². The van der Waals surface area contributed by atoms with Crippen LogP contribution >= 0.6 is 0 Å². The van der Waals surface area contributed by atoms with Crippen molar-refractivity contribution in [2.75, 3.05) is 4.90 Å². The van der Waals surface area contributed by atoms with Crippen molar-refractivity contribution >= 4 is 17.7 Å². The van der Waals surface area contributed by atoms with Crippen LogP contribution in [0.15, 0.2) is 36.4 Å². The lowest BCUT2D eigenvalue weighted by Gasteiger charge is -2.21. The van der Waals surface area contributed by atoms with E-state index in [4.69, 9.17) is 5.41 Å². The number of benzene rings is 2. The van der Waals surface area contributed by atoms with Crippen LogP contribution < -0.4 is 4.90 Å². The van der Waals surface area contributed by atoms with Gasteiger partial charge in [0.05, 0.1) is 6.34 Å². The van der Waals surface area contributed by atoms with Crippen LogP contribution in [-0.4, -0.2) is 6.34 Å². The molecule has 0 aliphatic carbocycles. The first-order valence-corrected chi connectivity index (χ1v) is 6.47. The van der Waals surface area contributed by atoms with Crippen LogP contribution in [0.2, 0.25) is 0 Å². The van der Waals surface area contributed by atoms with E-state index < -0.39 is 0 Å². The Kier molecular flexibility index (Phi) is 3.70. The summed E-state index contributed by atoms with van der Waals surface area (Å²) in [5.74, 6) is 0. The quantitative estimate of drug-likeness (QED) is 0.624. The topological polar surface area (TPSA) is 27.1 Å². The first kappa shape index (κ1) is 13.3. The van der Waals surface area contributed by atoms with E-state index in [1.807, 2.05) is 4.90 Å². The van der Waals surface area contributed by atoms with Gasteiger partial charge in [-0.2, -0.15) is 0 Å². The zero-order chi connectivity index (χ0) is 14.0. The first-order chi connectivity index (χ1) is 9.02. The highest BCUT2D eigenvalue weighted by Gasteiger charge is 2.08. The molecular formula is C17H20N2. The van der Waals surface area contributed by atoms with E-state index in [2.05, 4.69) is 64.1 Å². The number of hydrogen-bond acceptors (Lipinski definition) is 1. The molecule has 0 aliphatic heterocycles. The lowest BCUT2D eigenvalue weighted by atomic mass is 10.1. The van der Waals surface area contributed by atoms with Crippen molar-refractivity contribution in [2.45, 2.75) is 27.7 Å². The van der Waals surface area contributed by atoms with Crippen LogP contribution in [0.5, 0.6) is 0 Å². The Balaban J connectivity index is 2.46. The summed E-state index contributed by atoms with van der Waals surface area (Å²) in [6, 6.07) is 12.6. The van der Waals surface area contributed by atoms with Gasteiger partial charge in [0, 0.05) is 11.4 Å². The minimum atomic E-state index is 1.03. The van der Waals surface area contributed by atoms with Crippen LogP contribution in [-0.2, 0) is 0 Å². The molecular weight excluding hydrogens is 232 g/mol. The van der Waals surface area contributed by atoms with Crippen molar-refractivity contribution < 1.29 is 0 Å². The maximum atomic E-state index is 7.68. The number of anilines is 2. The van der Waals surface area contributed by atoms with Gasteiger partial charge < -0.3 is 4.90 Å². The van der Waals surface area contributed by atoms with Gasteiger partial charge in [0.15, 0.2) is 0 Å². The summed E-state index contributed by atoms with van der Waals surface area (Å²) in [6.45, 7) is 8.40. The second-order valence-electron chi connectivity index (χ2n) is 5.04. The van der Waals surface area contributed by atoms with Gasteiger partial charge in [-0.1, -0.05) is 12.1 Å². The van der Waals surface area contributed by atoms with E-state index in [-0.39, 0.29) is 0 Å². The largest absolute Gasteiger partial charge is 0.302 e. The second-order valence-corrected chi connectivity index (χ2v) is 5.04. The molecule has 0 spiro atoms. The van der Waals surface area contributed by atoms with Crippen molar-refractivity contribution in [1.82, 2.24) is 0 Å². The van der Waals surface area contributed by atoms with Gasteiger partial charge in [0.1, 0.15) is 0 Å². The molecule has 2 aromatic carbocycles. The molecule has 0 bridgehead atoms. The monoisotopic (exact) mass is 252 g/mol. The van der Waals surface area contributed by atoms with Crippen LogP contribution in [0.3, 0.4) is 0 Å². The molecule has 98 valence electrons. The van der Waals surface area contributed by atoms with Gasteiger partial charge in [-0.3, -0.25) is 5.41 Å². The summed E-state index contributed by atoms with van der Waals surface area (Å²) in [7, 11) is 0. The Morgan fingerprint density at radius 2 is 1.16 bits per heavy atom. The zero-order valence-corrected chi connectivity index (χ0v) is 12.0. The van der Waals surface area contributed by atoms with Crippen molar-refractivity contribution in [2.24, 2.45) is 0 Å². The zero-order valence-electron chi connectivity index (χ0n) is 12.0. The number of rotatable bonds is 3. The summed E-state index contributed by atoms with van der Waals surface area (Å²) in [5.41, 5.74) is 7.09. The summed E-state index contributed by atoms with van der Waals surface area (Å²) < 4.78 is 0. The maximum absolute atomic E-state index is 7.68. The van der Waals surface area contributed by atoms with Crippen molar-refractivity contribution in [3.05, 3.63) is 58.7 Å². The second kappa shape index (κ2) is 5.27. The van der Waals surface area contributed by atoms with Crippen LogP contribution in [0.4, 0.5) is 11.4 Å². The molecule has 0 aliphatic rings. The normalized spacial score (nSPS) is 10.3. The third-order valence-electron chi connectivity index (χ3n) is 3.67. The van der Waals surface area contributed by atoms with Gasteiger partial charge in [0.25, 0.3) is 0 Å². The Morgan fingerprint density at radius 1 is 0.737 bits per heavy atom. The number of nitrogens with zero attached hydrogens (tertiary/aromatic N) is 1.